The molecule has 1 rings (SSSR count). The first-order chi connectivity index (χ1) is 10.1. The fourth-order valence-electron chi connectivity index (χ4n) is 1.85. The lowest BCUT2D eigenvalue weighted by atomic mass is 10.1. The molecule has 118 valence electrons. The van der Waals surface area contributed by atoms with E-state index >= 15 is 0 Å². The van der Waals surface area contributed by atoms with Crippen LogP contribution >= 0.6 is 0 Å². The zero-order chi connectivity index (χ0) is 15.7. The van der Waals surface area contributed by atoms with Crippen molar-refractivity contribution in [3.05, 3.63) is 18.2 Å². The van der Waals surface area contributed by atoms with E-state index in [1.807, 2.05) is 13.0 Å². The van der Waals surface area contributed by atoms with Gasteiger partial charge in [-0.05, 0) is 25.0 Å². The average molecular weight is 294 g/mol. The highest BCUT2D eigenvalue weighted by molar-refractivity contribution is 5.96. The summed E-state index contributed by atoms with van der Waals surface area (Å²) in [6, 6.07) is 4.85. The second-order valence-corrected chi connectivity index (χ2v) is 4.95. The maximum atomic E-state index is 12.1. The van der Waals surface area contributed by atoms with Crippen LogP contribution in [0, 0.1) is 0 Å². The van der Waals surface area contributed by atoms with Crippen LogP contribution < -0.4 is 20.5 Å². The molecule has 21 heavy (non-hydrogen) atoms. The van der Waals surface area contributed by atoms with Gasteiger partial charge in [0.25, 0.3) is 0 Å². The number of benzene rings is 1. The minimum atomic E-state index is -0.510. The van der Waals surface area contributed by atoms with Gasteiger partial charge in [-0.1, -0.05) is 26.7 Å². The van der Waals surface area contributed by atoms with Crippen LogP contribution in [-0.2, 0) is 4.79 Å². The zero-order valence-electron chi connectivity index (χ0n) is 13.1. The van der Waals surface area contributed by atoms with Crippen molar-refractivity contribution in [3.63, 3.8) is 0 Å². The molecule has 1 atom stereocenters. The quantitative estimate of drug-likeness (QED) is 0.687. The molecule has 0 aliphatic rings. The third kappa shape index (κ3) is 5.63. The molecule has 0 saturated heterocycles. The molecule has 0 radical (unpaired) electrons. The van der Waals surface area contributed by atoms with Crippen molar-refractivity contribution in [2.75, 3.05) is 19.0 Å². The van der Waals surface area contributed by atoms with Crippen molar-refractivity contribution in [1.82, 2.24) is 0 Å². The number of nitrogens with one attached hydrogen (secondary N) is 1. The molecular formula is C16H26N2O3. The van der Waals surface area contributed by atoms with Gasteiger partial charge >= 0.3 is 0 Å². The zero-order valence-corrected chi connectivity index (χ0v) is 13.1. The van der Waals surface area contributed by atoms with Crippen LogP contribution in [0.5, 0.6) is 11.5 Å². The van der Waals surface area contributed by atoms with Gasteiger partial charge in [-0.2, -0.15) is 0 Å². The largest absolute Gasteiger partial charge is 0.497 e. The predicted molar refractivity (Wildman–Crippen MR) is 84.9 cm³/mol. The van der Waals surface area contributed by atoms with Gasteiger partial charge in [-0.3, -0.25) is 4.79 Å². The second kappa shape index (κ2) is 9.23. The van der Waals surface area contributed by atoms with E-state index in [4.69, 9.17) is 15.2 Å². The fourth-order valence-corrected chi connectivity index (χ4v) is 1.85. The Hall–Kier alpha value is -1.75. The Labute approximate surface area is 126 Å². The number of nitrogens with two attached hydrogens (primary N) is 1. The Bertz CT molecular complexity index is 449. The van der Waals surface area contributed by atoms with Crippen molar-refractivity contribution >= 4 is 11.6 Å². The van der Waals surface area contributed by atoms with Gasteiger partial charge in [0.05, 0.1) is 25.4 Å². The van der Waals surface area contributed by atoms with Crippen LogP contribution in [0.15, 0.2) is 18.2 Å². The molecule has 3 N–H and O–H groups in total. The Morgan fingerprint density at radius 1 is 1.33 bits per heavy atom. The highest BCUT2D eigenvalue weighted by Gasteiger charge is 2.15. The van der Waals surface area contributed by atoms with Gasteiger partial charge in [-0.25, -0.2) is 0 Å². The highest BCUT2D eigenvalue weighted by Crippen LogP contribution is 2.29. The Kier molecular flexibility index (Phi) is 7.61. The van der Waals surface area contributed by atoms with Gasteiger partial charge < -0.3 is 20.5 Å². The minimum absolute atomic E-state index is 0.203. The molecule has 0 heterocycles. The molecule has 0 saturated carbocycles. The molecule has 1 aromatic carbocycles. The van der Waals surface area contributed by atoms with Gasteiger partial charge in [0.2, 0.25) is 5.91 Å². The SMILES string of the molecule is CCCCOc1ccc(OC)cc1NC(=O)C(N)CCC. The van der Waals surface area contributed by atoms with E-state index in [-0.39, 0.29) is 5.91 Å². The number of methoxy groups -OCH3 is 1. The van der Waals surface area contributed by atoms with Crippen molar-refractivity contribution < 1.29 is 14.3 Å². The summed E-state index contributed by atoms with van der Waals surface area (Å²) in [5, 5.41) is 2.83. The number of unbranched alkanes of at least 4 members (excludes halogenated alkanes) is 1. The summed E-state index contributed by atoms with van der Waals surface area (Å²) >= 11 is 0. The normalized spacial score (nSPS) is 11.8. The Balaban J connectivity index is 2.82. The van der Waals surface area contributed by atoms with Gasteiger partial charge in [0, 0.05) is 6.07 Å². The molecule has 0 fully saturated rings. The maximum Gasteiger partial charge on any atom is 0.241 e. The molecule has 0 aliphatic carbocycles. The monoisotopic (exact) mass is 294 g/mol. The van der Waals surface area contributed by atoms with Gasteiger partial charge in [0.15, 0.2) is 0 Å². The number of anilines is 1. The van der Waals surface area contributed by atoms with Crippen LogP contribution in [-0.4, -0.2) is 25.7 Å². The van der Waals surface area contributed by atoms with E-state index in [2.05, 4.69) is 12.2 Å². The van der Waals surface area contributed by atoms with E-state index in [1.165, 1.54) is 0 Å². The first-order valence-electron chi connectivity index (χ1n) is 7.49. The third-order valence-corrected chi connectivity index (χ3v) is 3.14. The third-order valence-electron chi connectivity index (χ3n) is 3.14. The van der Waals surface area contributed by atoms with Crippen LogP contribution in [0.3, 0.4) is 0 Å². The summed E-state index contributed by atoms with van der Waals surface area (Å²) in [6.45, 7) is 4.72. The van der Waals surface area contributed by atoms with Crippen molar-refractivity contribution in [3.8, 4) is 11.5 Å². The molecule has 1 amide bonds. The van der Waals surface area contributed by atoms with E-state index in [0.717, 1.165) is 19.3 Å². The molecular weight excluding hydrogens is 268 g/mol. The fraction of sp³-hybridized carbons (Fsp3) is 0.562. The summed E-state index contributed by atoms with van der Waals surface area (Å²) in [5.41, 5.74) is 6.43. The van der Waals surface area contributed by atoms with Crippen LogP contribution in [0.25, 0.3) is 0 Å². The molecule has 0 aromatic heterocycles. The maximum absolute atomic E-state index is 12.1. The van der Waals surface area contributed by atoms with Crippen molar-refractivity contribution in [2.24, 2.45) is 5.73 Å². The number of ether oxygens (including phenoxy) is 2. The van der Waals surface area contributed by atoms with E-state index < -0.39 is 6.04 Å². The number of rotatable bonds is 9. The lowest BCUT2D eigenvalue weighted by molar-refractivity contribution is -0.117. The minimum Gasteiger partial charge on any atom is -0.497 e. The Morgan fingerprint density at radius 3 is 2.71 bits per heavy atom. The number of carbonyl (C=O) groups excluding carboxylic acids is 1. The molecule has 1 unspecified atom stereocenters. The second-order valence-electron chi connectivity index (χ2n) is 4.95. The molecule has 1 aromatic rings. The summed E-state index contributed by atoms with van der Waals surface area (Å²) in [6.07, 6.45) is 3.54. The summed E-state index contributed by atoms with van der Waals surface area (Å²) < 4.78 is 10.9. The standard InChI is InChI=1S/C16H26N2O3/c1-4-6-10-21-15-9-8-12(20-3)11-14(15)18-16(19)13(17)7-5-2/h8-9,11,13H,4-7,10,17H2,1-3H3,(H,18,19). The first kappa shape index (κ1) is 17.3. The lowest BCUT2D eigenvalue weighted by Gasteiger charge is -2.16. The number of carbonyl (C=O) groups is 1. The lowest BCUT2D eigenvalue weighted by Crippen LogP contribution is -2.35. The average Bonchev–Trinajstić information content (AvgIpc) is 2.49. The van der Waals surface area contributed by atoms with E-state index in [9.17, 15) is 4.79 Å². The summed E-state index contributed by atoms with van der Waals surface area (Å²) in [7, 11) is 1.58. The van der Waals surface area contributed by atoms with Crippen LogP contribution in [0.4, 0.5) is 5.69 Å². The summed E-state index contributed by atoms with van der Waals surface area (Å²) in [4.78, 5) is 12.1. The highest BCUT2D eigenvalue weighted by atomic mass is 16.5. The smallest absolute Gasteiger partial charge is 0.241 e. The summed E-state index contributed by atoms with van der Waals surface area (Å²) in [5.74, 6) is 1.10. The van der Waals surface area contributed by atoms with E-state index in [0.29, 0.717) is 30.2 Å². The van der Waals surface area contributed by atoms with E-state index in [1.54, 1.807) is 19.2 Å². The van der Waals surface area contributed by atoms with Crippen LogP contribution in [0.2, 0.25) is 0 Å². The number of amides is 1. The number of hydrogen-bond donors (Lipinski definition) is 2. The first-order valence-corrected chi connectivity index (χ1v) is 7.49. The molecule has 5 heteroatoms. The predicted octanol–water partition coefficient (Wildman–Crippen LogP) is 2.94. The molecule has 0 bridgehead atoms. The molecule has 0 spiro atoms. The molecule has 0 aliphatic heterocycles. The van der Waals surface area contributed by atoms with Crippen molar-refractivity contribution in [1.29, 1.82) is 0 Å². The number of hydrogen-bond acceptors (Lipinski definition) is 4. The topological polar surface area (TPSA) is 73.6 Å². The molecule has 5 nitrogen and oxygen atoms in total. The van der Waals surface area contributed by atoms with Crippen molar-refractivity contribution in [2.45, 2.75) is 45.6 Å². The van der Waals surface area contributed by atoms with Crippen LogP contribution in [0.1, 0.15) is 39.5 Å². The van der Waals surface area contributed by atoms with Gasteiger partial charge in [0.1, 0.15) is 11.5 Å². The van der Waals surface area contributed by atoms with Gasteiger partial charge in [-0.15, -0.1) is 0 Å². The Morgan fingerprint density at radius 2 is 2.10 bits per heavy atom.